The Bertz CT molecular complexity index is 1380. The van der Waals surface area contributed by atoms with Crippen molar-refractivity contribution in [1.82, 2.24) is 19.6 Å². The lowest BCUT2D eigenvalue weighted by atomic mass is 10.1. The molecule has 3 aromatic carbocycles. The summed E-state index contributed by atoms with van der Waals surface area (Å²) in [6.07, 6.45) is 2.59. The molecule has 9 heteroatoms. The van der Waals surface area contributed by atoms with E-state index in [1.165, 1.54) is 13.2 Å². The van der Waals surface area contributed by atoms with Crippen molar-refractivity contribution >= 4 is 27.0 Å². The molecule has 176 valence electrons. The van der Waals surface area contributed by atoms with E-state index in [0.717, 1.165) is 29.6 Å². The van der Waals surface area contributed by atoms with Gasteiger partial charge in [0, 0.05) is 25.2 Å². The zero-order valence-corrected chi connectivity index (χ0v) is 19.6. The summed E-state index contributed by atoms with van der Waals surface area (Å²) in [5.74, 6) is 0.111. The third kappa shape index (κ3) is 5.44. The van der Waals surface area contributed by atoms with Crippen molar-refractivity contribution in [1.29, 1.82) is 0 Å². The van der Waals surface area contributed by atoms with Crippen LogP contribution in [0.4, 0.5) is 0 Å². The van der Waals surface area contributed by atoms with E-state index in [-0.39, 0.29) is 23.1 Å². The third-order valence-electron chi connectivity index (χ3n) is 5.43. The minimum Gasteiger partial charge on any atom is -0.495 e. The Kier molecular flexibility index (Phi) is 7.24. The number of carbonyl (C=O) groups excluding carboxylic acids is 1. The third-order valence-corrected chi connectivity index (χ3v) is 6.87. The van der Waals surface area contributed by atoms with Gasteiger partial charge in [0.25, 0.3) is 5.91 Å². The molecule has 1 heterocycles. The molecule has 4 aromatic rings. The molecule has 2 N–H and O–H groups in total. The number of hydrogen-bond donors (Lipinski definition) is 2. The maximum absolute atomic E-state index is 12.6. The van der Waals surface area contributed by atoms with E-state index in [0.29, 0.717) is 12.1 Å². The van der Waals surface area contributed by atoms with Gasteiger partial charge in [-0.1, -0.05) is 36.4 Å². The average molecular weight is 479 g/mol. The van der Waals surface area contributed by atoms with Crippen LogP contribution in [0, 0.1) is 0 Å². The van der Waals surface area contributed by atoms with E-state index in [1.807, 2.05) is 30.6 Å². The molecule has 0 fully saturated rings. The van der Waals surface area contributed by atoms with Gasteiger partial charge in [-0.25, -0.2) is 18.1 Å². The first-order valence-electron chi connectivity index (χ1n) is 10.9. The number of benzene rings is 3. The van der Waals surface area contributed by atoms with E-state index in [1.54, 1.807) is 42.5 Å². The number of methoxy groups -OCH3 is 1. The van der Waals surface area contributed by atoms with Gasteiger partial charge < -0.3 is 14.6 Å². The second-order valence-electron chi connectivity index (χ2n) is 7.71. The van der Waals surface area contributed by atoms with Crippen LogP contribution in [0.15, 0.2) is 84.0 Å². The highest BCUT2D eigenvalue weighted by atomic mass is 32.2. The number of nitrogens with one attached hydrogen (secondary N) is 2. The van der Waals surface area contributed by atoms with Gasteiger partial charge in [-0.2, -0.15) is 0 Å². The number of amides is 1. The molecule has 0 aliphatic carbocycles. The first-order chi connectivity index (χ1) is 16.5. The second-order valence-corrected chi connectivity index (χ2v) is 9.44. The number of carbonyl (C=O) groups is 1. The lowest BCUT2D eigenvalue weighted by Crippen LogP contribution is -2.25. The molecular formula is C25H26N4O4S. The summed E-state index contributed by atoms with van der Waals surface area (Å²) >= 11 is 0. The summed E-state index contributed by atoms with van der Waals surface area (Å²) in [5, 5.41) is 2.92. The standard InChI is InChI=1S/C25H26N4O4S/c1-33-23-9-4-5-10-24(23)34(31,32)28-17-19-11-13-20(14-12-19)25(30)26-15-6-16-29-18-27-21-7-2-3-8-22(21)29/h2-5,7-14,18,28H,6,15-17H2,1H3,(H,26,30). The van der Waals surface area contributed by atoms with Crippen LogP contribution in [0.5, 0.6) is 5.75 Å². The summed E-state index contributed by atoms with van der Waals surface area (Å²) in [7, 11) is -2.31. The van der Waals surface area contributed by atoms with Gasteiger partial charge >= 0.3 is 0 Å². The van der Waals surface area contributed by atoms with Crippen LogP contribution in [0.25, 0.3) is 11.0 Å². The lowest BCUT2D eigenvalue weighted by Gasteiger charge is -2.11. The number of rotatable bonds is 10. The predicted molar refractivity (Wildman–Crippen MR) is 130 cm³/mol. The summed E-state index contributed by atoms with van der Waals surface area (Å²) in [4.78, 5) is 16.9. The number of aromatic nitrogens is 2. The highest BCUT2D eigenvalue weighted by Crippen LogP contribution is 2.22. The highest BCUT2D eigenvalue weighted by molar-refractivity contribution is 7.89. The molecule has 0 atom stereocenters. The fraction of sp³-hybridized carbons (Fsp3) is 0.200. The molecule has 0 aliphatic rings. The largest absolute Gasteiger partial charge is 0.495 e. The SMILES string of the molecule is COc1ccccc1S(=O)(=O)NCc1ccc(C(=O)NCCCn2cnc3ccccc32)cc1. The van der Waals surface area contributed by atoms with Gasteiger partial charge in [0.2, 0.25) is 10.0 Å². The molecule has 0 saturated carbocycles. The van der Waals surface area contributed by atoms with Crippen LogP contribution in [-0.2, 0) is 23.1 Å². The molecular weight excluding hydrogens is 452 g/mol. The van der Waals surface area contributed by atoms with E-state index >= 15 is 0 Å². The molecule has 0 aliphatic heterocycles. The number of ether oxygens (including phenoxy) is 1. The minimum atomic E-state index is -3.74. The Balaban J connectivity index is 1.27. The number of fused-ring (bicyclic) bond motifs is 1. The smallest absolute Gasteiger partial charge is 0.251 e. The van der Waals surface area contributed by atoms with E-state index in [2.05, 4.69) is 19.6 Å². The molecule has 0 bridgehead atoms. The van der Waals surface area contributed by atoms with Gasteiger partial charge in [-0.3, -0.25) is 4.79 Å². The predicted octanol–water partition coefficient (Wildman–Crippen LogP) is 3.34. The van der Waals surface area contributed by atoms with E-state index < -0.39 is 10.0 Å². The minimum absolute atomic E-state index is 0.0807. The van der Waals surface area contributed by atoms with Crippen LogP contribution >= 0.6 is 0 Å². The van der Waals surface area contributed by atoms with Gasteiger partial charge in [-0.15, -0.1) is 0 Å². The van der Waals surface area contributed by atoms with Crippen LogP contribution in [0.2, 0.25) is 0 Å². The van der Waals surface area contributed by atoms with Gasteiger partial charge in [0.15, 0.2) is 0 Å². The molecule has 1 amide bonds. The Hall–Kier alpha value is -3.69. The summed E-state index contributed by atoms with van der Waals surface area (Å²) < 4.78 is 35.0. The fourth-order valence-electron chi connectivity index (χ4n) is 3.61. The Morgan fingerprint density at radius 3 is 2.53 bits per heavy atom. The van der Waals surface area contributed by atoms with Gasteiger partial charge in [0.1, 0.15) is 10.6 Å². The van der Waals surface area contributed by atoms with Crippen LogP contribution in [0.1, 0.15) is 22.3 Å². The molecule has 0 spiro atoms. The van der Waals surface area contributed by atoms with Crippen molar-refractivity contribution in [3.8, 4) is 5.75 Å². The van der Waals surface area contributed by atoms with E-state index in [9.17, 15) is 13.2 Å². The first-order valence-corrected chi connectivity index (χ1v) is 12.4. The average Bonchev–Trinajstić information content (AvgIpc) is 3.28. The summed E-state index contributed by atoms with van der Waals surface area (Å²) in [6, 6.07) is 21.2. The molecule has 1 aromatic heterocycles. The first kappa shape index (κ1) is 23.5. The molecule has 4 rings (SSSR count). The van der Waals surface area contributed by atoms with Crippen LogP contribution in [0.3, 0.4) is 0 Å². The van der Waals surface area contributed by atoms with Crippen molar-refractivity contribution in [2.24, 2.45) is 0 Å². The number of para-hydroxylation sites is 3. The Morgan fingerprint density at radius 1 is 1.00 bits per heavy atom. The molecule has 0 unspecified atom stereocenters. The fourth-order valence-corrected chi connectivity index (χ4v) is 4.80. The van der Waals surface area contributed by atoms with Crippen LogP contribution in [-0.4, -0.2) is 37.5 Å². The maximum atomic E-state index is 12.6. The summed E-state index contributed by atoms with van der Waals surface area (Å²) in [6.45, 7) is 1.39. The number of hydrogen-bond acceptors (Lipinski definition) is 5. The molecule has 0 saturated heterocycles. The Morgan fingerprint density at radius 2 is 1.74 bits per heavy atom. The van der Waals surface area contributed by atoms with Gasteiger partial charge in [0.05, 0.1) is 24.5 Å². The molecule has 0 radical (unpaired) electrons. The number of sulfonamides is 1. The van der Waals surface area contributed by atoms with Crippen LogP contribution < -0.4 is 14.8 Å². The van der Waals surface area contributed by atoms with E-state index in [4.69, 9.17) is 4.74 Å². The molecule has 34 heavy (non-hydrogen) atoms. The van der Waals surface area contributed by atoms with Crippen molar-refractivity contribution in [3.63, 3.8) is 0 Å². The number of aryl methyl sites for hydroxylation is 1. The number of nitrogens with zero attached hydrogens (tertiary/aromatic N) is 2. The van der Waals surface area contributed by atoms with Crippen molar-refractivity contribution < 1.29 is 17.9 Å². The highest BCUT2D eigenvalue weighted by Gasteiger charge is 2.18. The summed E-state index contributed by atoms with van der Waals surface area (Å²) in [5.41, 5.74) is 3.29. The lowest BCUT2D eigenvalue weighted by molar-refractivity contribution is 0.0952. The van der Waals surface area contributed by atoms with Crippen molar-refractivity contribution in [2.45, 2.75) is 24.4 Å². The zero-order chi connectivity index (χ0) is 24.0. The second kappa shape index (κ2) is 10.5. The van der Waals surface area contributed by atoms with Crippen molar-refractivity contribution in [3.05, 3.63) is 90.3 Å². The molecule has 8 nitrogen and oxygen atoms in total. The quantitative estimate of drug-likeness (QED) is 0.340. The topological polar surface area (TPSA) is 102 Å². The number of imidazole rings is 1. The van der Waals surface area contributed by atoms with Gasteiger partial charge in [-0.05, 0) is 48.4 Å². The normalized spacial score (nSPS) is 11.4. The maximum Gasteiger partial charge on any atom is 0.251 e. The monoisotopic (exact) mass is 478 g/mol. The zero-order valence-electron chi connectivity index (χ0n) is 18.8. The van der Waals surface area contributed by atoms with Crippen molar-refractivity contribution in [2.75, 3.05) is 13.7 Å². The Labute approximate surface area is 198 Å².